The highest BCUT2D eigenvalue weighted by atomic mass is 31.1. The lowest BCUT2D eigenvalue weighted by atomic mass is 9.83. The van der Waals surface area contributed by atoms with Gasteiger partial charge in [0.1, 0.15) is 35.1 Å². The number of aromatic nitrogens is 2. The second kappa shape index (κ2) is 16.3. The van der Waals surface area contributed by atoms with Crippen molar-refractivity contribution in [3.63, 3.8) is 0 Å². The zero-order chi connectivity index (χ0) is 36.6. The van der Waals surface area contributed by atoms with Gasteiger partial charge in [-0.2, -0.15) is 18.3 Å². The lowest BCUT2D eigenvalue weighted by Crippen LogP contribution is -2.49. The fourth-order valence-electron chi connectivity index (χ4n) is 5.69. The predicted molar refractivity (Wildman–Crippen MR) is 181 cm³/mol. The van der Waals surface area contributed by atoms with Crippen LogP contribution in [0.3, 0.4) is 0 Å². The van der Waals surface area contributed by atoms with Crippen molar-refractivity contribution in [1.82, 2.24) is 20.4 Å². The molecule has 0 saturated heterocycles. The van der Waals surface area contributed by atoms with Crippen molar-refractivity contribution >= 4 is 31.5 Å². The molecule has 270 valence electrons. The van der Waals surface area contributed by atoms with Gasteiger partial charge < -0.3 is 35.8 Å². The molecule has 50 heavy (non-hydrogen) atoms. The number of aliphatic hydroxyl groups excluding tert-OH is 1. The fraction of sp³-hybridized carbons (Fsp3) is 0.406. The van der Waals surface area contributed by atoms with E-state index in [2.05, 4.69) is 31.4 Å². The Labute approximate surface area is 287 Å². The number of aliphatic hydroxyl groups is 1. The van der Waals surface area contributed by atoms with E-state index in [1.165, 1.54) is 27.3 Å². The monoisotopic (exact) mass is 722 g/mol. The minimum Gasteiger partial charge on any atom is -0.495 e. The summed E-state index contributed by atoms with van der Waals surface area (Å²) in [4.78, 5) is 26.9. The number of nitrogens with zero attached hydrogens (tertiary/aromatic N) is 3. The fourth-order valence-corrected chi connectivity index (χ4v) is 5.95. The molecular formula is C32H40F3N7O7P+. The lowest BCUT2D eigenvalue weighted by Gasteiger charge is -2.38. The molecule has 1 aliphatic heterocycles. The number of methoxy groups -OCH3 is 2. The number of aryl methyl sites for hydroxylation is 1. The highest BCUT2D eigenvalue weighted by molar-refractivity contribution is 7.32. The third-order valence-electron chi connectivity index (χ3n) is 8.16. The first-order chi connectivity index (χ1) is 23.8. The first kappa shape index (κ1) is 38.1. The van der Waals surface area contributed by atoms with Gasteiger partial charge in [-0.05, 0) is 49.1 Å². The Bertz CT molecular complexity index is 1770. The normalized spacial score (nSPS) is 14.4. The van der Waals surface area contributed by atoms with Crippen LogP contribution in [-0.2, 0) is 22.2 Å². The first-order valence-corrected chi connectivity index (χ1v) is 16.7. The van der Waals surface area contributed by atoms with Crippen LogP contribution in [0.4, 0.5) is 24.5 Å². The SMILES string of the molecule is CCC1(CC)N=C(Nc2ccc(CO[P+](=O)O)cc2OC)NC(Nc2ccc(-c3cnn(CCCO)c3)c(OC)c2C(=O)NC)=C1C(F)(F)F. The number of carbonyl (C=O) groups is 1. The summed E-state index contributed by atoms with van der Waals surface area (Å²) in [5, 5.41) is 24.7. The Balaban J connectivity index is 1.81. The first-order valence-electron chi connectivity index (χ1n) is 15.6. The predicted octanol–water partition coefficient (Wildman–Crippen LogP) is 5.29. The molecule has 2 aromatic carbocycles. The number of benzene rings is 2. The number of carbonyl (C=O) groups excluding carboxylic acids is 1. The molecule has 4 rings (SSSR count). The summed E-state index contributed by atoms with van der Waals surface area (Å²) in [6.45, 7) is 3.47. The van der Waals surface area contributed by atoms with E-state index >= 15 is 13.2 Å². The van der Waals surface area contributed by atoms with Crippen LogP contribution in [0.1, 0.15) is 49.0 Å². The number of ether oxygens (including phenoxy) is 2. The molecule has 1 atom stereocenters. The van der Waals surface area contributed by atoms with Crippen LogP contribution < -0.4 is 30.7 Å². The minimum atomic E-state index is -4.84. The van der Waals surface area contributed by atoms with E-state index in [0.29, 0.717) is 35.3 Å². The van der Waals surface area contributed by atoms with Crippen molar-refractivity contribution in [2.45, 2.75) is 58.0 Å². The van der Waals surface area contributed by atoms with E-state index in [-0.39, 0.29) is 54.8 Å². The van der Waals surface area contributed by atoms with E-state index in [1.807, 2.05) is 0 Å². The van der Waals surface area contributed by atoms with Crippen molar-refractivity contribution in [1.29, 1.82) is 0 Å². The zero-order valence-corrected chi connectivity index (χ0v) is 29.0. The summed E-state index contributed by atoms with van der Waals surface area (Å²) < 4.78 is 73.6. The average Bonchev–Trinajstić information content (AvgIpc) is 3.57. The van der Waals surface area contributed by atoms with Gasteiger partial charge in [-0.15, -0.1) is 9.42 Å². The number of halogens is 3. The molecular weight excluding hydrogens is 682 g/mol. The largest absolute Gasteiger partial charge is 0.695 e. The summed E-state index contributed by atoms with van der Waals surface area (Å²) in [6.07, 6.45) is -1.12. The number of amides is 1. The molecule has 6 N–H and O–H groups in total. The molecule has 1 aliphatic rings. The summed E-state index contributed by atoms with van der Waals surface area (Å²) in [7, 11) is 1.32. The van der Waals surface area contributed by atoms with Crippen LogP contribution in [0.25, 0.3) is 11.1 Å². The molecule has 14 nitrogen and oxygen atoms in total. The maximum Gasteiger partial charge on any atom is 0.695 e. The third kappa shape index (κ3) is 8.35. The topological polar surface area (TPSA) is 181 Å². The van der Waals surface area contributed by atoms with Crippen LogP contribution in [0.5, 0.6) is 11.5 Å². The van der Waals surface area contributed by atoms with Crippen LogP contribution >= 0.6 is 8.25 Å². The van der Waals surface area contributed by atoms with Crippen molar-refractivity contribution in [3.05, 3.63) is 65.2 Å². The molecule has 0 fully saturated rings. The van der Waals surface area contributed by atoms with Crippen molar-refractivity contribution in [3.8, 4) is 22.6 Å². The van der Waals surface area contributed by atoms with Crippen LogP contribution in [0.2, 0.25) is 0 Å². The highest BCUT2D eigenvalue weighted by Gasteiger charge is 2.51. The quantitative estimate of drug-likeness (QED) is 0.112. The van der Waals surface area contributed by atoms with Gasteiger partial charge in [-0.1, -0.05) is 19.9 Å². The minimum absolute atomic E-state index is 0.0199. The number of guanidine groups is 1. The Hall–Kier alpha value is -4.70. The Kier molecular flexibility index (Phi) is 12.5. The van der Waals surface area contributed by atoms with Gasteiger partial charge in [0.25, 0.3) is 5.91 Å². The van der Waals surface area contributed by atoms with Gasteiger partial charge in [-0.3, -0.25) is 9.48 Å². The molecule has 1 unspecified atom stereocenters. The van der Waals surface area contributed by atoms with Crippen LogP contribution in [0.15, 0.2) is 59.1 Å². The van der Waals surface area contributed by atoms with E-state index in [0.717, 1.165) is 0 Å². The number of aliphatic imine (C=N–C) groups is 1. The standard InChI is InChI=1S/C32H39F3N7O7P/c1-6-31(7-2)27(32(33,34)35)28(40-30(41-31)39-22-11-9-19(15-24(22)47-4)18-49-50(45)46)38-23-12-10-21(26(48-5)25(23)29(44)36-3)20-16-37-42(17-20)13-8-14-43/h9-12,15-17,43H,6-8,13-14,18H2,1-5H3,(H4-,36,38,39,40,41,44,45,46)/p+1. The maximum atomic E-state index is 15.0. The van der Waals surface area contributed by atoms with E-state index in [4.69, 9.17) is 18.9 Å². The van der Waals surface area contributed by atoms with Gasteiger partial charge in [0, 0.05) is 42.1 Å². The Morgan fingerprint density at radius 1 is 1.10 bits per heavy atom. The maximum absolute atomic E-state index is 15.0. The molecule has 0 spiro atoms. The zero-order valence-electron chi connectivity index (χ0n) is 28.1. The smallest absolute Gasteiger partial charge is 0.495 e. The molecule has 0 radical (unpaired) electrons. The van der Waals surface area contributed by atoms with Crippen LogP contribution in [0, 0.1) is 0 Å². The van der Waals surface area contributed by atoms with Gasteiger partial charge in [0.15, 0.2) is 0 Å². The lowest BCUT2D eigenvalue weighted by molar-refractivity contribution is -0.103. The Morgan fingerprint density at radius 2 is 1.82 bits per heavy atom. The number of nitrogens with one attached hydrogen (secondary N) is 4. The molecule has 1 aromatic heterocycles. The van der Waals surface area contributed by atoms with Gasteiger partial charge in [0.2, 0.25) is 5.96 Å². The van der Waals surface area contributed by atoms with Crippen molar-refractivity contribution in [2.24, 2.45) is 4.99 Å². The highest BCUT2D eigenvalue weighted by Crippen LogP contribution is 2.45. The van der Waals surface area contributed by atoms with Crippen molar-refractivity contribution in [2.75, 3.05) is 38.5 Å². The number of anilines is 2. The second-order valence-electron chi connectivity index (χ2n) is 11.1. The van der Waals surface area contributed by atoms with E-state index in [9.17, 15) is 14.5 Å². The number of rotatable bonds is 15. The number of hydrogen-bond donors (Lipinski definition) is 6. The van der Waals surface area contributed by atoms with Gasteiger partial charge >= 0.3 is 14.4 Å². The molecule has 2 heterocycles. The van der Waals surface area contributed by atoms with Crippen LogP contribution in [-0.4, -0.2) is 71.2 Å². The average molecular weight is 723 g/mol. The summed E-state index contributed by atoms with van der Waals surface area (Å²) in [5.74, 6) is -0.738. The molecule has 0 aliphatic carbocycles. The summed E-state index contributed by atoms with van der Waals surface area (Å²) in [6, 6.07) is 7.81. The van der Waals surface area contributed by atoms with E-state index in [1.54, 1.807) is 55.2 Å². The second-order valence-corrected chi connectivity index (χ2v) is 11.8. The summed E-state index contributed by atoms with van der Waals surface area (Å²) >= 11 is 0. The molecule has 3 aromatic rings. The van der Waals surface area contributed by atoms with Gasteiger partial charge in [-0.25, -0.2) is 4.99 Å². The van der Waals surface area contributed by atoms with Crippen molar-refractivity contribution < 1.29 is 46.5 Å². The third-order valence-corrected chi connectivity index (χ3v) is 8.51. The Morgan fingerprint density at radius 3 is 2.42 bits per heavy atom. The van der Waals surface area contributed by atoms with Gasteiger partial charge in [0.05, 0.1) is 37.3 Å². The molecule has 0 bridgehead atoms. The van der Waals surface area contributed by atoms with E-state index < -0.39 is 37.3 Å². The molecule has 1 amide bonds. The molecule has 18 heteroatoms. The number of hydrogen-bond acceptors (Lipinski definition) is 11. The number of alkyl halides is 3. The summed E-state index contributed by atoms with van der Waals surface area (Å²) in [5.41, 5.74) is -0.813. The molecule has 0 saturated carbocycles.